The number of aliphatic imine (C=N–C) groups is 1. The number of nitrogens with zero attached hydrogens (tertiary/aromatic N) is 2. The highest BCUT2D eigenvalue weighted by atomic mass is 19.4. The Kier molecular flexibility index (Phi) is 8.46. The fourth-order valence-corrected chi connectivity index (χ4v) is 1.82. The van der Waals surface area contributed by atoms with E-state index in [2.05, 4.69) is 25.9 Å². The van der Waals surface area contributed by atoms with Gasteiger partial charge in [0.1, 0.15) is 5.82 Å². The summed E-state index contributed by atoms with van der Waals surface area (Å²) in [6.45, 7) is 2.76. The first-order chi connectivity index (χ1) is 12.1. The van der Waals surface area contributed by atoms with Crippen molar-refractivity contribution in [1.29, 1.82) is 0 Å². The van der Waals surface area contributed by atoms with E-state index in [0.29, 0.717) is 31.9 Å². The standard InChI is InChI=1S/C15H21F6N5/c1-2-22-13(25-9-6-14(16,17)18)24-8-3-7-23-12-5-4-11(10-26-12)15(19,20)21/h4-5,10H,2-3,6-9H2,1H3,(H,23,26)(H2,22,24,25). The molecule has 5 nitrogen and oxygen atoms in total. The van der Waals surface area contributed by atoms with E-state index in [1.165, 1.54) is 6.07 Å². The van der Waals surface area contributed by atoms with Crippen molar-refractivity contribution in [2.45, 2.75) is 32.1 Å². The molecule has 0 aliphatic carbocycles. The molecule has 26 heavy (non-hydrogen) atoms. The second-order valence-electron chi connectivity index (χ2n) is 5.26. The maximum Gasteiger partial charge on any atom is 0.417 e. The third-order valence-corrected chi connectivity index (χ3v) is 3.05. The van der Waals surface area contributed by atoms with Gasteiger partial charge >= 0.3 is 12.4 Å². The first kappa shape index (κ1) is 21.8. The van der Waals surface area contributed by atoms with Gasteiger partial charge in [-0.15, -0.1) is 0 Å². The molecule has 0 aromatic carbocycles. The van der Waals surface area contributed by atoms with E-state index in [-0.39, 0.29) is 12.5 Å². The summed E-state index contributed by atoms with van der Waals surface area (Å²) in [6, 6.07) is 2.16. The molecule has 0 fully saturated rings. The van der Waals surface area contributed by atoms with Gasteiger partial charge in [-0.1, -0.05) is 0 Å². The summed E-state index contributed by atoms with van der Waals surface area (Å²) in [6.07, 6.45) is -8.35. The highest BCUT2D eigenvalue weighted by Crippen LogP contribution is 2.28. The Hall–Kier alpha value is -2.20. The molecular weight excluding hydrogens is 364 g/mol. The van der Waals surface area contributed by atoms with Crippen LogP contribution in [0.1, 0.15) is 25.3 Å². The van der Waals surface area contributed by atoms with Crippen molar-refractivity contribution in [3.63, 3.8) is 0 Å². The zero-order chi connectivity index (χ0) is 19.6. The van der Waals surface area contributed by atoms with Crippen molar-refractivity contribution in [3.05, 3.63) is 23.9 Å². The summed E-state index contributed by atoms with van der Waals surface area (Å²) in [5, 5.41) is 8.27. The van der Waals surface area contributed by atoms with E-state index in [9.17, 15) is 26.3 Å². The van der Waals surface area contributed by atoms with Gasteiger partial charge in [0, 0.05) is 32.4 Å². The molecule has 0 saturated heterocycles. The normalized spacial score (nSPS) is 12.8. The zero-order valence-electron chi connectivity index (χ0n) is 14.1. The lowest BCUT2D eigenvalue weighted by atomic mass is 10.3. The summed E-state index contributed by atoms with van der Waals surface area (Å²) in [5.41, 5.74) is -0.826. The van der Waals surface area contributed by atoms with E-state index in [0.717, 1.165) is 12.3 Å². The minimum absolute atomic E-state index is 0.275. The molecule has 3 N–H and O–H groups in total. The van der Waals surface area contributed by atoms with Gasteiger partial charge in [-0.25, -0.2) is 4.98 Å². The van der Waals surface area contributed by atoms with Gasteiger partial charge in [-0.2, -0.15) is 26.3 Å². The molecule has 0 spiro atoms. The van der Waals surface area contributed by atoms with Crippen molar-refractivity contribution in [1.82, 2.24) is 15.6 Å². The molecule has 1 aromatic heterocycles. The molecule has 11 heteroatoms. The first-order valence-corrected chi connectivity index (χ1v) is 7.98. The lowest BCUT2D eigenvalue weighted by molar-refractivity contribution is -0.138. The maximum atomic E-state index is 12.4. The van der Waals surface area contributed by atoms with E-state index < -0.39 is 24.3 Å². The molecule has 0 radical (unpaired) electrons. The number of nitrogens with one attached hydrogen (secondary N) is 3. The molecule has 0 aliphatic heterocycles. The number of hydrogen-bond acceptors (Lipinski definition) is 3. The molecule has 0 atom stereocenters. The Balaban J connectivity index is 2.34. The van der Waals surface area contributed by atoms with Crippen LogP contribution in [0.5, 0.6) is 0 Å². The number of guanidine groups is 1. The first-order valence-electron chi connectivity index (χ1n) is 7.98. The Morgan fingerprint density at radius 3 is 2.35 bits per heavy atom. The van der Waals surface area contributed by atoms with Gasteiger partial charge in [0.25, 0.3) is 0 Å². The van der Waals surface area contributed by atoms with Crippen LogP contribution in [0.4, 0.5) is 32.2 Å². The predicted octanol–water partition coefficient (Wildman–Crippen LogP) is 3.41. The van der Waals surface area contributed by atoms with E-state index in [4.69, 9.17) is 0 Å². The summed E-state index contributed by atoms with van der Waals surface area (Å²) >= 11 is 0. The van der Waals surface area contributed by atoms with E-state index >= 15 is 0 Å². The molecule has 148 valence electrons. The Bertz CT molecular complexity index is 553. The number of hydrogen-bond donors (Lipinski definition) is 3. The lowest BCUT2D eigenvalue weighted by Crippen LogP contribution is -2.39. The fourth-order valence-electron chi connectivity index (χ4n) is 1.82. The van der Waals surface area contributed by atoms with E-state index in [1.54, 1.807) is 6.92 Å². The number of halogens is 6. The van der Waals surface area contributed by atoms with Crippen molar-refractivity contribution in [2.75, 3.05) is 31.5 Å². The summed E-state index contributed by atoms with van der Waals surface area (Å²) < 4.78 is 73.6. The molecule has 0 saturated carbocycles. The van der Waals surface area contributed by atoms with Crippen molar-refractivity contribution < 1.29 is 26.3 Å². The summed E-state index contributed by atoms with van der Waals surface area (Å²) in [5.74, 6) is 0.585. The Morgan fingerprint density at radius 1 is 1.08 bits per heavy atom. The molecule has 1 heterocycles. The third kappa shape index (κ3) is 9.33. The fraction of sp³-hybridized carbons (Fsp3) is 0.600. The van der Waals surface area contributed by atoms with Crippen molar-refractivity contribution in [2.24, 2.45) is 4.99 Å². The molecule has 1 aromatic rings. The topological polar surface area (TPSA) is 61.3 Å². The van der Waals surface area contributed by atoms with E-state index in [1.807, 2.05) is 0 Å². The maximum absolute atomic E-state index is 12.4. The number of anilines is 1. The zero-order valence-corrected chi connectivity index (χ0v) is 14.1. The molecule has 0 unspecified atom stereocenters. The second kappa shape index (κ2) is 10.1. The van der Waals surface area contributed by atoms with Crippen LogP contribution in [0.3, 0.4) is 0 Å². The average Bonchev–Trinajstić information content (AvgIpc) is 2.53. The summed E-state index contributed by atoms with van der Waals surface area (Å²) in [4.78, 5) is 7.80. The number of aromatic nitrogens is 1. The van der Waals surface area contributed by atoms with Crippen molar-refractivity contribution >= 4 is 11.8 Å². The van der Waals surface area contributed by atoms with Gasteiger partial charge in [0.05, 0.1) is 12.0 Å². The van der Waals surface area contributed by atoms with Gasteiger partial charge in [0.2, 0.25) is 0 Å². The van der Waals surface area contributed by atoms with Crippen molar-refractivity contribution in [3.8, 4) is 0 Å². The Morgan fingerprint density at radius 2 is 1.81 bits per heavy atom. The minimum Gasteiger partial charge on any atom is -0.370 e. The van der Waals surface area contributed by atoms with Gasteiger partial charge < -0.3 is 16.0 Å². The van der Waals surface area contributed by atoms with Crippen LogP contribution in [-0.4, -0.2) is 43.3 Å². The Labute approximate surface area is 147 Å². The highest BCUT2D eigenvalue weighted by Gasteiger charge is 2.30. The number of alkyl halides is 6. The molecule has 0 aliphatic rings. The molecule has 0 bridgehead atoms. The van der Waals surface area contributed by atoms with Crippen LogP contribution >= 0.6 is 0 Å². The SMILES string of the molecule is CCNC(=NCCCNc1ccc(C(F)(F)F)cn1)NCCC(F)(F)F. The smallest absolute Gasteiger partial charge is 0.370 e. The minimum atomic E-state index is -4.43. The van der Waals surface area contributed by atoms with Gasteiger partial charge in [0.15, 0.2) is 5.96 Å². The predicted molar refractivity (Wildman–Crippen MR) is 87.0 cm³/mol. The van der Waals surface area contributed by atoms with Crippen LogP contribution in [0, 0.1) is 0 Å². The molecular formula is C15H21F6N5. The van der Waals surface area contributed by atoms with Crippen LogP contribution < -0.4 is 16.0 Å². The molecule has 1 rings (SSSR count). The average molecular weight is 385 g/mol. The van der Waals surface area contributed by atoms with Gasteiger partial charge in [-0.3, -0.25) is 4.99 Å². The third-order valence-electron chi connectivity index (χ3n) is 3.05. The van der Waals surface area contributed by atoms with Crippen LogP contribution in [0.15, 0.2) is 23.3 Å². The van der Waals surface area contributed by atoms with Crippen LogP contribution in [0.2, 0.25) is 0 Å². The summed E-state index contributed by atoms with van der Waals surface area (Å²) in [7, 11) is 0. The number of pyridine rings is 1. The second-order valence-corrected chi connectivity index (χ2v) is 5.26. The van der Waals surface area contributed by atoms with Gasteiger partial charge in [-0.05, 0) is 25.5 Å². The largest absolute Gasteiger partial charge is 0.417 e. The van der Waals surface area contributed by atoms with Crippen LogP contribution in [0.25, 0.3) is 0 Å². The molecule has 0 amide bonds. The quantitative estimate of drug-likeness (QED) is 0.278. The number of rotatable bonds is 8. The lowest BCUT2D eigenvalue weighted by Gasteiger charge is -2.12. The highest BCUT2D eigenvalue weighted by molar-refractivity contribution is 5.79. The monoisotopic (exact) mass is 385 g/mol. The van der Waals surface area contributed by atoms with Crippen LogP contribution in [-0.2, 0) is 6.18 Å².